The molecule has 0 bridgehead atoms. The number of ether oxygens (including phenoxy) is 2. The van der Waals surface area contributed by atoms with Crippen LogP contribution in [0.15, 0.2) is 59.8 Å². The fourth-order valence-electron chi connectivity index (χ4n) is 3.24. The van der Waals surface area contributed by atoms with Crippen molar-refractivity contribution in [3.05, 3.63) is 76.0 Å². The van der Waals surface area contributed by atoms with E-state index >= 15 is 0 Å². The van der Waals surface area contributed by atoms with E-state index in [2.05, 4.69) is 16.0 Å². The highest BCUT2D eigenvalue weighted by molar-refractivity contribution is 6.30. The van der Waals surface area contributed by atoms with Crippen LogP contribution in [0, 0.1) is 0 Å². The first-order valence-corrected chi connectivity index (χ1v) is 10.4. The van der Waals surface area contributed by atoms with Crippen LogP contribution in [0.1, 0.15) is 35.8 Å². The van der Waals surface area contributed by atoms with Gasteiger partial charge in [0.25, 0.3) is 0 Å². The molecule has 2 aromatic carbocycles. The van der Waals surface area contributed by atoms with E-state index in [-0.39, 0.29) is 36.0 Å². The second-order valence-electron chi connectivity index (χ2n) is 7.03. The minimum absolute atomic E-state index is 0.100. The van der Waals surface area contributed by atoms with Gasteiger partial charge in [-0.2, -0.15) is 0 Å². The Morgan fingerprint density at radius 1 is 1.06 bits per heavy atom. The van der Waals surface area contributed by atoms with Crippen molar-refractivity contribution >= 4 is 41.2 Å². The zero-order chi connectivity index (χ0) is 24.0. The third-order valence-corrected chi connectivity index (χ3v) is 4.87. The largest absolute Gasteiger partial charge is 0.463 e. The number of benzene rings is 2. The van der Waals surface area contributed by atoms with Crippen molar-refractivity contribution in [3.63, 3.8) is 0 Å². The Labute approximate surface area is 195 Å². The van der Waals surface area contributed by atoms with Gasteiger partial charge in [-0.15, -0.1) is 0 Å². The number of esters is 2. The van der Waals surface area contributed by atoms with Crippen molar-refractivity contribution in [2.45, 2.75) is 19.9 Å². The molecule has 1 aliphatic heterocycles. The van der Waals surface area contributed by atoms with Gasteiger partial charge in [0.2, 0.25) is 5.91 Å². The number of carbonyl (C=O) groups excluding carboxylic acids is 4. The van der Waals surface area contributed by atoms with E-state index in [1.54, 1.807) is 43.3 Å². The lowest BCUT2D eigenvalue weighted by Gasteiger charge is -2.29. The van der Waals surface area contributed by atoms with Gasteiger partial charge < -0.3 is 25.4 Å². The van der Waals surface area contributed by atoms with Gasteiger partial charge in [-0.3, -0.25) is 4.79 Å². The lowest BCUT2D eigenvalue weighted by Crippen LogP contribution is -2.47. The maximum atomic E-state index is 12.7. The zero-order valence-corrected chi connectivity index (χ0v) is 18.7. The van der Waals surface area contributed by atoms with Gasteiger partial charge in [-0.05, 0) is 42.8 Å². The molecule has 0 aromatic heterocycles. The molecule has 1 aliphatic rings. The summed E-state index contributed by atoms with van der Waals surface area (Å²) in [6.45, 7) is 2.75. The number of carbonyl (C=O) groups is 4. The van der Waals surface area contributed by atoms with Gasteiger partial charge in [-0.25, -0.2) is 14.4 Å². The molecule has 3 N–H and O–H groups in total. The molecule has 172 valence electrons. The lowest BCUT2D eigenvalue weighted by atomic mass is 9.95. The number of urea groups is 1. The Kier molecular flexibility index (Phi) is 7.68. The molecule has 9 nitrogen and oxygen atoms in total. The van der Waals surface area contributed by atoms with Crippen LogP contribution >= 0.6 is 11.6 Å². The van der Waals surface area contributed by atoms with Gasteiger partial charge in [0.1, 0.15) is 6.61 Å². The summed E-state index contributed by atoms with van der Waals surface area (Å²) >= 11 is 5.95. The summed E-state index contributed by atoms with van der Waals surface area (Å²) in [7, 11) is 0. The second kappa shape index (κ2) is 10.6. The van der Waals surface area contributed by atoms with E-state index < -0.39 is 24.0 Å². The molecule has 0 fully saturated rings. The van der Waals surface area contributed by atoms with E-state index in [0.29, 0.717) is 16.3 Å². The highest BCUT2D eigenvalue weighted by atomic mass is 35.5. The Bertz CT molecular complexity index is 1110. The first kappa shape index (κ1) is 23.8. The van der Waals surface area contributed by atoms with Crippen LogP contribution in [0.5, 0.6) is 0 Å². The molecule has 0 saturated carbocycles. The smallest absolute Gasteiger partial charge is 0.338 e. The standard InChI is InChI=1S/C23H22ClN3O6/c1-3-32-22(30)19-18(26-23(31)27-20(19)14-7-9-16(24)10-8-14)12-33-21(29)15-5-4-6-17(11-15)25-13(2)28/h4-11,20H,3,12H2,1-2H3,(H,25,28)(H2,26,27,31). The number of amides is 3. The fourth-order valence-corrected chi connectivity index (χ4v) is 3.36. The van der Waals surface area contributed by atoms with Gasteiger partial charge >= 0.3 is 18.0 Å². The van der Waals surface area contributed by atoms with Gasteiger partial charge in [0, 0.05) is 17.6 Å². The summed E-state index contributed by atoms with van der Waals surface area (Å²) in [6, 6.07) is 11.4. The number of anilines is 1. The maximum absolute atomic E-state index is 12.7. The molecule has 2 aromatic rings. The highest BCUT2D eigenvalue weighted by Crippen LogP contribution is 2.29. The monoisotopic (exact) mass is 471 g/mol. The maximum Gasteiger partial charge on any atom is 0.338 e. The minimum atomic E-state index is -0.827. The first-order valence-electron chi connectivity index (χ1n) is 10.1. The number of rotatable bonds is 7. The zero-order valence-electron chi connectivity index (χ0n) is 17.9. The van der Waals surface area contributed by atoms with Crippen LogP contribution < -0.4 is 16.0 Å². The van der Waals surface area contributed by atoms with E-state index in [0.717, 1.165) is 0 Å². The molecule has 33 heavy (non-hydrogen) atoms. The summed E-state index contributed by atoms with van der Waals surface area (Å²) in [5.41, 5.74) is 1.43. The van der Waals surface area contributed by atoms with Crippen molar-refractivity contribution in [2.24, 2.45) is 0 Å². The third-order valence-electron chi connectivity index (χ3n) is 4.62. The molecule has 0 spiro atoms. The van der Waals surface area contributed by atoms with Crippen LogP contribution in [0.25, 0.3) is 0 Å². The molecule has 3 amide bonds. The number of nitrogens with one attached hydrogen (secondary N) is 3. The molecule has 1 heterocycles. The molecular weight excluding hydrogens is 450 g/mol. The quantitative estimate of drug-likeness (QED) is 0.532. The number of hydrogen-bond donors (Lipinski definition) is 3. The molecule has 0 saturated heterocycles. The summed E-state index contributed by atoms with van der Waals surface area (Å²) < 4.78 is 10.5. The van der Waals surface area contributed by atoms with Crippen molar-refractivity contribution in [3.8, 4) is 0 Å². The Morgan fingerprint density at radius 2 is 1.79 bits per heavy atom. The Morgan fingerprint density at radius 3 is 2.45 bits per heavy atom. The molecule has 1 unspecified atom stereocenters. The van der Waals surface area contributed by atoms with Crippen LogP contribution in [0.4, 0.5) is 10.5 Å². The van der Waals surface area contributed by atoms with Crippen molar-refractivity contribution < 1.29 is 28.7 Å². The van der Waals surface area contributed by atoms with Crippen LogP contribution in [-0.2, 0) is 19.1 Å². The van der Waals surface area contributed by atoms with E-state index in [1.165, 1.54) is 19.1 Å². The second-order valence-corrected chi connectivity index (χ2v) is 7.47. The van der Waals surface area contributed by atoms with Crippen molar-refractivity contribution in [1.82, 2.24) is 10.6 Å². The minimum Gasteiger partial charge on any atom is -0.463 e. The van der Waals surface area contributed by atoms with E-state index in [1.807, 2.05) is 0 Å². The highest BCUT2D eigenvalue weighted by Gasteiger charge is 2.34. The van der Waals surface area contributed by atoms with Crippen molar-refractivity contribution in [2.75, 3.05) is 18.5 Å². The first-order chi connectivity index (χ1) is 15.8. The van der Waals surface area contributed by atoms with Crippen LogP contribution in [0.3, 0.4) is 0 Å². The number of halogens is 1. The number of hydrogen-bond acceptors (Lipinski definition) is 6. The summed E-state index contributed by atoms with van der Waals surface area (Å²) in [4.78, 5) is 48.9. The lowest BCUT2D eigenvalue weighted by molar-refractivity contribution is -0.139. The third kappa shape index (κ3) is 6.11. The molecule has 0 radical (unpaired) electrons. The average Bonchev–Trinajstić information content (AvgIpc) is 2.77. The normalized spacial score (nSPS) is 15.2. The Hall–Kier alpha value is -3.85. The molecular formula is C23H22ClN3O6. The molecule has 3 rings (SSSR count). The fraction of sp³-hybridized carbons (Fsp3) is 0.217. The molecule has 10 heteroatoms. The predicted molar refractivity (Wildman–Crippen MR) is 121 cm³/mol. The van der Waals surface area contributed by atoms with Gasteiger partial charge in [0.05, 0.1) is 29.5 Å². The van der Waals surface area contributed by atoms with Crippen molar-refractivity contribution in [1.29, 1.82) is 0 Å². The predicted octanol–water partition coefficient (Wildman–Crippen LogP) is 3.33. The van der Waals surface area contributed by atoms with Crippen LogP contribution in [0.2, 0.25) is 5.02 Å². The van der Waals surface area contributed by atoms with E-state index in [9.17, 15) is 19.2 Å². The summed E-state index contributed by atoms with van der Waals surface area (Å²) in [5.74, 6) is -1.65. The summed E-state index contributed by atoms with van der Waals surface area (Å²) in [5, 5.41) is 8.29. The molecule has 1 atom stereocenters. The molecule has 0 aliphatic carbocycles. The SMILES string of the molecule is CCOC(=O)C1=C(COC(=O)c2cccc(NC(C)=O)c2)NC(=O)NC1c1ccc(Cl)cc1. The summed E-state index contributed by atoms with van der Waals surface area (Å²) in [6.07, 6.45) is 0. The van der Waals surface area contributed by atoms with Gasteiger partial charge in [0.15, 0.2) is 0 Å². The Balaban J connectivity index is 1.88. The van der Waals surface area contributed by atoms with E-state index in [4.69, 9.17) is 21.1 Å². The average molecular weight is 472 g/mol. The van der Waals surface area contributed by atoms with Gasteiger partial charge in [-0.1, -0.05) is 29.8 Å². The topological polar surface area (TPSA) is 123 Å². The van der Waals surface area contributed by atoms with Crippen LogP contribution in [-0.4, -0.2) is 37.1 Å².